The van der Waals surface area contributed by atoms with Gasteiger partial charge in [-0.1, -0.05) is 36.8 Å². The van der Waals surface area contributed by atoms with Crippen LogP contribution in [-0.2, 0) is 22.7 Å². The molecular weight excluding hydrogens is 504 g/mol. The number of amides is 3. The van der Waals surface area contributed by atoms with E-state index in [1.54, 1.807) is 4.90 Å². The zero-order valence-corrected chi connectivity index (χ0v) is 23.2. The Balaban J connectivity index is 1.01. The molecule has 0 bridgehead atoms. The molecule has 1 unspecified atom stereocenters. The molecule has 0 aliphatic carbocycles. The van der Waals surface area contributed by atoms with Crippen LogP contribution in [0.5, 0.6) is 5.75 Å². The predicted molar refractivity (Wildman–Crippen MR) is 152 cm³/mol. The van der Waals surface area contributed by atoms with Gasteiger partial charge in [0.15, 0.2) is 0 Å². The predicted octanol–water partition coefficient (Wildman–Crippen LogP) is 3.59. The van der Waals surface area contributed by atoms with Gasteiger partial charge in [0, 0.05) is 37.7 Å². The second-order valence-electron chi connectivity index (χ2n) is 11.9. The van der Waals surface area contributed by atoms with Crippen LogP contribution in [0.4, 0.5) is 0 Å². The molecule has 2 aromatic carbocycles. The van der Waals surface area contributed by atoms with E-state index >= 15 is 0 Å². The third-order valence-corrected chi connectivity index (χ3v) is 9.14. The van der Waals surface area contributed by atoms with E-state index in [-0.39, 0.29) is 24.1 Å². The van der Waals surface area contributed by atoms with E-state index in [1.165, 1.54) is 31.2 Å². The Morgan fingerprint density at radius 3 is 2.52 bits per heavy atom. The van der Waals surface area contributed by atoms with E-state index < -0.39 is 6.04 Å². The number of benzene rings is 2. The summed E-state index contributed by atoms with van der Waals surface area (Å²) in [6, 6.07) is 16.2. The van der Waals surface area contributed by atoms with Gasteiger partial charge in [0.05, 0.1) is 0 Å². The van der Waals surface area contributed by atoms with Gasteiger partial charge in [-0.3, -0.25) is 29.5 Å². The van der Waals surface area contributed by atoms with Crippen LogP contribution in [0.15, 0.2) is 48.5 Å². The number of nitrogens with zero attached hydrogens (tertiary/aromatic N) is 3. The van der Waals surface area contributed by atoms with Crippen molar-refractivity contribution in [1.82, 2.24) is 20.0 Å². The van der Waals surface area contributed by atoms with Crippen molar-refractivity contribution in [2.45, 2.75) is 70.1 Å². The van der Waals surface area contributed by atoms with Crippen molar-refractivity contribution >= 4 is 17.7 Å². The Morgan fingerprint density at radius 1 is 0.900 bits per heavy atom. The summed E-state index contributed by atoms with van der Waals surface area (Å²) in [5, 5.41) is 2.36. The number of nitrogens with one attached hydrogen (secondary N) is 1. The molecule has 4 heterocycles. The highest BCUT2D eigenvalue weighted by molar-refractivity contribution is 6.05. The van der Waals surface area contributed by atoms with Gasteiger partial charge in [-0.25, -0.2) is 0 Å². The highest BCUT2D eigenvalue weighted by Crippen LogP contribution is 2.31. The first-order chi connectivity index (χ1) is 19.5. The number of fused-ring (bicyclic) bond motifs is 1. The van der Waals surface area contributed by atoms with Crippen molar-refractivity contribution in [3.05, 3.63) is 65.2 Å². The number of imide groups is 1. The Hall–Kier alpha value is -3.23. The molecule has 3 saturated heterocycles. The molecule has 40 heavy (non-hydrogen) atoms. The Kier molecular flexibility index (Phi) is 8.16. The van der Waals surface area contributed by atoms with Crippen LogP contribution in [-0.4, -0.2) is 77.3 Å². The number of carbonyl (C=O) groups is 3. The molecule has 8 nitrogen and oxygen atoms in total. The van der Waals surface area contributed by atoms with Gasteiger partial charge in [0.1, 0.15) is 18.4 Å². The molecular formula is C32H40N4O4. The number of hydrogen-bond donors (Lipinski definition) is 1. The van der Waals surface area contributed by atoms with Crippen LogP contribution in [0.2, 0.25) is 0 Å². The fourth-order valence-corrected chi connectivity index (χ4v) is 6.82. The molecule has 8 heteroatoms. The lowest BCUT2D eigenvalue weighted by atomic mass is 9.93. The molecule has 4 aliphatic rings. The minimum atomic E-state index is -0.594. The van der Waals surface area contributed by atoms with Crippen LogP contribution >= 0.6 is 0 Å². The SMILES string of the molecule is O=C1CCC(N2Cc3cc(OC[C@@H]4CCCCN4CC4CCN(Cc5ccccc5)CC4)ccc3C2=O)C(=O)N1. The van der Waals surface area contributed by atoms with Crippen molar-refractivity contribution in [2.75, 3.05) is 32.8 Å². The fourth-order valence-electron chi connectivity index (χ4n) is 6.82. The molecule has 2 aromatic rings. The van der Waals surface area contributed by atoms with Gasteiger partial charge in [0.2, 0.25) is 11.8 Å². The zero-order chi connectivity index (χ0) is 27.5. The standard InChI is InChI=1S/C32H40N4O4/c37-30-12-11-29(31(38)33-30)36-21-25-18-27(9-10-28(25)32(36)39)40-22-26-8-4-5-15-35(26)20-24-13-16-34(17-14-24)19-23-6-2-1-3-7-23/h1-3,6-7,9-10,18,24,26,29H,4-5,8,11-17,19-22H2,(H,33,37,38)/t26-,29?/m0/s1. The van der Waals surface area contributed by atoms with Gasteiger partial charge < -0.3 is 9.64 Å². The lowest BCUT2D eigenvalue weighted by molar-refractivity contribution is -0.136. The van der Waals surface area contributed by atoms with Crippen LogP contribution in [0.25, 0.3) is 0 Å². The Bertz CT molecular complexity index is 1230. The highest BCUT2D eigenvalue weighted by Gasteiger charge is 2.39. The highest BCUT2D eigenvalue weighted by atomic mass is 16.5. The second-order valence-corrected chi connectivity index (χ2v) is 11.9. The molecule has 0 spiro atoms. The van der Waals surface area contributed by atoms with Gasteiger partial charge in [-0.2, -0.15) is 0 Å². The van der Waals surface area contributed by atoms with Crippen LogP contribution < -0.4 is 10.1 Å². The molecule has 0 saturated carbocycles. The maximum absolute atomic E-state index is 13.0. The third kappa shape index (κ3) is 6.08. The van der Waals surface area contributed by atoms with Crippen molar-refractivity contribution in [3.8, 4) is 5.75 Å². The maximum atomic E-state index is 13.0. The minimum Gasteiger partial charge on any atom is -0.492 e. The van der Waals surface area contributed by atoms with Gasteiger partial charge >= 0.3 is 0 Å². The average molecular weight is 545 g/mol. The zero-order valence-electron chi connectivity index (χ0n) is 23.2. The molecule has 3 fully saturated rings. The van der Waals surface area contributed by atoms with E-state index in [2.05, 4.69) is 45.4 Å². The summed E-state index contributed by atoms with van der Waals surface area (Å²) in [5.41, 5.74) is 2.90. The van der Waals surface area contributed by atoms with Crippen LogP contribution in [0.3, 0.4) is 0 Å². The third-order valence-electron chi connectivity index (χ3n) is 9.14. The molecule has 0 aromatic heterocycles. The number of hydrogen-bond acceptors (Lipinski definition) is 6. The van der Waals surface area contributed by atoms with Crippen molar-refractivity contribution in [3.63, 3.8) is 0 Å². The second kappa shape index (κ2) is 12.1. The summed E-state index contributed by atoms with van der Waals surface area (Å²) in [6.45, 7) is 6.68. The van der Waals surface area contributed by atoms with Gasteiger partial charge in [-0.05, 0) is 87.0 Å². The van der Waals surface area contributed by atoms with Gasteiger partial charge in [0.25, 0.3) is 5.91 Å². The summed E-state index contributed by atoms with van der Waals surface area (Å²) in [4.78, 5) is 43.7. The Morgan fingerprint density at radius 2 is 1.73 bits per heavy atom. The molecule has 4 aliphatic heterocycles. The minimum absolute atomic E-state index is 0.149. The van der Waals surface area contributed by atoms with E-state index in [1.807, 2.05) is 18.2 Å². The molecule has 6 rings (SSSR count). The summed E-state index contributed by atoms with van der Waals surface area (Å²) >= 11 is 0. The smallest absolute Gasteiger partial charge is 0.255 e. The summed E-state index contributed by atoms with van der Waals surface area (Å²) < 4.78 is 6.32. The first-order valence-corrected chi connectivity index (χ1v) is 14.9. The largest absolute Gasteiger partial charge is 0.492 e. The first kappa shape index (κ1) is 27.0. The lowest BCUT2D eigenvalue weighted by Gasteiger charge is -2.40. The topological polar surface area (TPSA) is 82.2 Å². The summed E-state index contributed by atoms with van der Waals surface area (Å²) in [6.07, 6.45) is 6.77. The van der Waals surface area contributed by atoms with Crippen LogP contribution in [0.1, 0.15) is 66.4 Å². The maximum Gasteiger partial charge on any atom is 0.255 e. The first-order valence-electron chi connectivity index (χ1n) is 14.9. The fraction of sp³-hybridized carbons (Fsp3) is 0.531. The molecule has 1 N–H and O–H groups in total. The summed E-state index contributed by atoms with van der Waals surface area (Å²) in [7, 11) is 0. The van der Waals surface area contributed by atoms with E-state index in [0.29, 0.717) is 31.2 Å². The molecule has 212 valence electrons. The normalized spacial score (nSPS) is 24.7. The van der Waals surface area contributed by atoms with E-state index in [0.717, 1.165) is 56.4 Å². The van der Waals surface area contributed by atoms with Gasteiger partial charge in [-0.15, -0.1) is 0 Å². The van der Waals surface area contributed by atoms with E-state index in [4.69, 9.17) is 4.74 Å². The van der Waals surface area contributed by atoms with Crippen LogP contribution in [0, 0.1) is 5.92 Å². The lowest BCUT2D eigenvalue weighted by Crippen LogP contribution is -2.52. The average Bonchev–Trinajstić information content (AvgIpc) is 3.29. The number of rotatable bonds is 8. The molecule has 0 radical (unpaired) electrons. The van der Waals surface area contributed by atoms with Crippen molar-refractivity contribution in [2.24, 2.45) is 5.92 Å². The van der Waals surface area contributed by atoms with Crippen molar-refractivity contribution in [1.29, 1.82) is 0 Å². The quantitative estimate of drug-likeness (QED) is 0.512. The molecule has 3 amide bonds. The number of ether oxygens (including phenoxy) is 1. The monoisotopic (exact) mass is 544 g/mol. The van der Waals surface area contributed by atoms with E-state index in [9.17, 15) is 14.4 Å². The summed E-state index contributed by atoms with van der Waals surface area (Å²) in [5.74, 6) is 0.706. The Labute approximate surface area is 236 Å². The van der Waals surface area contributed by atoms with Crippen molar-refractivity contribution < 1.29 is 19.1 Å². The number of piperidine rings is 3. The number of likely N-dealkylation sites (tertiary alicyclic amines) is 2. The molecule has 2 atom stereocenters. The number of carbonyl (C=O) groups excluding carboxylic acids is 3.